The maximum Gasteiger partial charge on any atom is 0.282 e. The molecule has 1 heterocycles. The fraction of sp³-hybridized carbons (Fsp3) is 0.154. The number of nitrogens with one attached hydrogen (secondary N) is 1. The summed E-state index contributed by atoms with van der Waals surface area (Å²) in [6.45, 7) is 3.13. The van der Waals surface area contributed by atoms with Crippen molar-refractivity contribution in [2.45, 2.75) is 0 Å². The van der Waals surface area contributed by atoms with Crippen LogP contribution in [0.4, 0.5) is 5.69 Å². The lowest BCUT2D eigenvalue weighted by atomic mass is 10.1. The van der Waals surface area contributed by atoms with Crippen LogP contribution in [0.1, 0.15) is 20.7 Å². The number of hydrogen-bond donors (Lipinski definition) is 1. The minimum atomic E-state index is -0.837. The van der Waals surface area contributed by atoms with Gasteiger partial charge in [0.05, 0.1) is 10.5 Å². The van der Waals surface area contributed by atoms with Gasteiger partial charge in [-0.3, -0.25) is 29.4 Å². The number of hydrogen-bond acceptors (Lipinski definition) is 5. The van der Waals surface area contributed by atoms with E-state index in [1.54, 1.807) is 0 Å². The first-order valence-electron chi connectivity index (χ1n) is 5.98. The van der Waals surface area contributed by atoms with Gasteiger partial charge in [-0.2, -0.15) is 0 Å². The number of rotatable bonds is 5. The average molecular weight is 289 g/mol. The first-order chi connectivity index (χ1) is 9.97. The molecule has 0 atom stereocenters. The molecule has 21 heavy (non-hydrogen) atoms. The molecule has 3 amide bonds. The van der Waals surface area contributed by atoms with Crippen molar-refractivity contribution in [3.63, 3.8) is 0 Å². The summed E-state index contributed by atoms with van der Waals surface area (Å²) in [5, 5.41) is 13.3. The van der Waals surface area contributed by atoms with Crippen LogP contribution in [0.3, 0.4) is 0 Å². The smallest absolute Gasteiger partial charge is 0.282 e. The first-order valence-corrected chi connectivity index (χ1v) is 5.98. The van der Waals surface area contributed by atoms with E-state index in [0.29, 0.717) is 4.90 Å². The number of nitrogens with zero attached hydrogens (tertiary/aromatic N) is 2. The lowest BCUT2D eigenvalue weighted by Crippen LogP contribution is -2.40. The van der Waals surface area contributed by atoms with E-state index < -0.39 is 34.9 Å². The predicted octanol–water partition coefficient (Wildman–Crippen LogP) is 0.493. The number of carbonyl (C=O) groups excluding carboxylic acids is 3. The van der Waals surface area contributed by atoms with Crippen molar-refractivity contribution < 1.29 is 19.3 Å². The fourth-order valence-corrected chi connectivity index (χ4v) is 2.00. The molecule has 1 aliphatic heterocycles. The minimum absolute atomic E-state index is 0.0641. The van der Waals surface area contributed by atoms with Gasteiger partial charge in [0.25, 0.3) is 17.5 Å². The molecule has 0 fully saturated rings. The van der Waals surface area contributed by atoms with Crippen molar-refractivity contribution in [2.75, 3.05) is 13.1 Å². The Bertz CT molecular complexity index is 668. The highest BCUT2D eigenvalue weighted by Crippen LogP contribution is 2.30. The Morgan fingerprint density at radius 1 is 1.38 bits per heavy atom. The van der Waals surface area contributed by atoms with Gasteiger partial charge in [-0.25, -0.2) is 0 Å². The van der Waals surface area contributed by atoms with Gasteiger partial charge >= 0.3 is 0 Å². The summed E-state index contributed by atoms with van der Waals surface area (Å²) in [5.41, 5.74) is -0.783. The Morgan fingerprint density at radius 2 is 2.10 bits per heavy atom. The summed E-state index contributed by atoms with van der Waals surface area (Å²) < 4.78 is 0. The van der Waals surface area contributed by atoms with E-state index in [1.807, 2.05) is 0 Å². The van der Waals surface area contributed by atoms with Crippen LogP contribution in [0.15, 0.2) is 30.9 Å². The summed E-state index contributed by atoms with van der Waals surface area (Å²) >= 11 is 0. The van der Waals surface area contributed by atoms with Gasteiger partial charge in [0.1, 0.15) is 12.1 Å². The van der Waals surface area contributed by atoms with E-state index in [9.17, 15) is 24.5 Å². The first kappa shape index (κ1) is 14.4. The molecule has 8 heteroatoms. The lowest BCUT2D eigenvalue weighted by molar-refractivity contribution is -0.385. The molecule has 8 nitrogen and oxygen atoms in total. The Hall–Kier alpha value is -3.03. The molecule has 0 spiro atoms. The van der Waals surface area contributed by atoms with Crippen LogP contribution < -0.4 is 5.32 Å². The molecule has 1 N–H and O–H groups in total. The lowest BCUT2D eigenvalue weighted by Gasteiger charge is -2.12. The summed E-state index contributed by atoms with van der Waals surface area (Å²) in [4.78, 5) is 46.7. The van der Waals surface area contributed by atoms with E-state index in [0.717, 1.165) is 6.07 Å². The van der Waals surface area contributed by atoms with Gasteiger partial charge in [-0.15, -0.1) is 6.58 Å². The molecule has 0 radical (unpaired) electrons. The molecular weight excluding hydrogens is 278 g/mol. The van der Waals surface area contributed by atoms with Gasteiger partial charge in [0, 0.05) is 12.6 Å². The van der Waals surface area contributed by atoms with Crippen molar-refractivity contribution in [2.24, 2.45) is 0 Å². The molecule has 0 saturated carbocycles. The fourth-order valence-electron chi connectivity index (χ4n) is 2.00. The highest BCUT2D eigenvalue weighted by molar-refractivity contribution is 6.24. The molecule has 0 unspecified atom stereocenters. The van der Waals surface area contributed by atoms with Crippen LogP contribution in [0.2, 0.25) is 0 Å². The van der Waals surface area contributed by atoms with Crippen molar-refractivity contribution in [1.82, 2.24) is 10.2 Å². The maximum atomic E-state index is 12.1. The normalized spacial score (nSPS) is 13.0. The molecule has 1 aliphatic rings. The van der Waals surface area contributed by atoms with Crippen molar-refractivity contribution >= 4 is 23.4 Å². The van der Waals surface area contributed by atoms with Gasteiger partial charge in [-0.05, 0) is 6.07 Å². The largest absolute Gasteiger partial charge is 0.351 e. The van der Waals surface area contributed by atoms with Gasteiger partial charge in [0.15, 0.2) is 0 Å². The minimum Gasteiger partial charge on any atom is -0.351 e. The summed E-state index contributed by atoms with van der Waals surface area (Å²) in [5.74, 6) is -2.10. The molecule has 1 aromatic carbocycles. The van der Waals surface area contributed by atoms with Gasteiger partial charge in [0.2, 0.25) is 5.91 Å². The monoisotopic (exact) mass is 289 g/mol. The standard InChI is InChI=1S/C13H11N3O5/c1-2-6-14-10(17)7-15-12(18)8-4-3-5-9(16(20)21)11(8)13(15)19/h2-5H,1,6-7H2,(H,14,17). The molecule has 0 saturated heterocycles. The number of amides is 3. The Kier molecular flexibility index (Phi) is 3.79. The number of carbonyl (C=O) groups is 3. The quantitative estimate of drug-likeness (QED) is 0.367. The second kappa shape index (κ2) is 5.53. The molecule has 1 aromatic rings. The molecular formula is C13H11N3O5. The zero-order valence-electron chi connectivity index (χ0n) is 10.9. The van der Waals surface area contributed by atoms with Crippen molar-refractivity contribution in [3.05, 3.63) is 52.1 Å². The molecule has 2 rings (SSSR count). The molecule has 0 aromatic heterocycles. The van der Waals surface area contributed by atoms with E-state index in [-0.39, 0.29) is 17.7 Å². The predicted molar refractivity (Wildman–Crippen MR) is 71.7 cm³/mol. The molecule has 0 aliphatic carbocycles. The third kappa shape index (κ3) is 2.50. The van der Waals surface area contributed by atoms with E-state index >= 15 is 0 Å². The van der Waals surface area contributed by atoms with E-state index in [2.05, 4.69) is 11.9 Å². The Labute approximate surface area is 119 Å². The number of nitro groups is 1. The zero-order valence-corrected chi connectivity index (χ0v) is 10.9. The topological polar surface area (TPSA) is 110 Å². The third-order valence-corrected chi connectivity index (χ3v) is 2.92. The summed E-state index contributed by atoms with van der Waals surface area (Å²) in [7, 11) is 0. The number of imide groups is 1. The second-order valence-corrected chi connectivity index (χ2v) is 4.25. The van der Waals surface area contributed by atoms with Crippen LogP contribution in [-0.2, 0) is 4.79 Å². The van der Waals surface area contributed by atoms with Crippen LogP contribution in [0.25, 0.3) is 0 Å². The summed E-state index contributed by atoms with van der Waals surface area (Å²) in [6.07, 6.45) is 1.45. The van der Waals surface area contributed by atoms with Gasteiger partial charge in [-0.1, -0.05) is 12.1 Å². The number of benzene rings is 1. The third-order valence-electron chi connectivity index (χ3n) is 2.92. The van der Waals surface area contributed by atoms with Crippen LogP contribution >= 0.6 is 0 Å². The Balaban J connectivity index is 2.30. The molecule has 0 bridgehead atoms. The van der Waals surface area contributed by atoms with Crippen LogP contribution in [0.5, 0.6) is 0 Å². The second-order valence-electron chi connectivity index (χ2n) is 4.25. The summed E-state index contributed by atoms with van der Waals surface area (Å²) in [6, 6.07) is 3.79. The van der Waals surface area contributed by atoms with Crippen molar-refractivity contribution in [1.29, 1.82) is 0 Å². The van der Waals surface area contributed by atoms with Crippen molar-refractivity contribution in [3.8, 4) is 0 Å². The highest BCUT2D eigenvalue weighted by atomic mass is 16.6. The van der Waals surface area contributed by atoms with E-state index in [1.165, 1.54) is 18.2 Å². The zero-order chi connectivity index (χ0) is 15.6. The van der Waals surface area contributed by atoms with Gasteiger partial charge < -0.3 is 5.32 Å². The SMILES string of the molecule is C=CCNC(=O)CN1C(=O)c2cccc([N+](=O)[O-])c2C1=O. The number of nitro benzene ring substituents is 1. The highest BCUT2D eigenvalue weighted by Gasteiger charge is 2.41. The van der Waals surface area contributed by atoms with E-state index in [4.69, 9.17) is 0 Å². The molecule has 108 valence electrons. The van der Waals surface area contributed by atoms with Crippen LogP contribution in [0, 0.1) is 10.1 Å². The number of fused-ring (bicyclic) bond motifs is 1. The van der Waals surface area contributed by atoms with Crippen LogP contribution in [-0.4, -0.2) is 40.6 Å². The average Bonchev–Trinajstić information content (AvgIpc) is 2.70. The Morgan fingerprint density at radius 3 is 2.71 bits per heavy atom. The maximum absolute atomic E-state index is 12.1.